The lowest BCUT2D eigenvalue weighted by Crippen LogP contribution is -2.48. The van der Waals surface area contributed by atoms with Gasteiger partial charge in [-0.15, -0.1) is 0 Å². The van der Waals surface area contributed by atoms with Gasteiger partial charge in [0, 0.05) is 28.1 Å². The summed E-state index contributed by atoms with van der Waals surface area (Å²) in [5.74, 6) is 15.3. The average Bonchev–Trinajstić information content (AvgIpc) is 1.47. The summed E-state index contributed by atoms with van der Waals surface area (Å²) in [6, 6.07) is 0. The maximum Gasteiger partial charge on any atom is 0.344 e. The zero-order valence-electron chi connectivity index (χ0n) is 93.5. The Morgan fingerprint density at radius 3 is 1.02 bits per heavy atom. The Bertz CT molecular complexity index is 5310. The van der Waals surface area contributed by atoms with E-state index in [0.29, 0.717) is 190 Å². The van der Waals surface area contributed by atoms with E-state index in [1.54, 1.807) is 13.8 Å². The molecule has 20 saturated carbocycles. The molecule has 26 aliphatic rings. The van der Waals surface area contributed by atoms with Gasteiger partial charge in [0.25, 0.3) is 0 Å². The average molecular weight is 2090 g/mol. The highest BCUT2D eigenvalue weighted by Gasteiger charge is 2.78. The van der Waals surface area contributed by atoms with Crippen LogP contribution in [0, 0.1) is 243 Å². The summed E-state index contributed by atoms with van der Waals surface area (Å²) in [4.78, 5) is 171. The number of fused-ring (bicyclic) bond motifs is 46. The van der Waals surface area contributed by atoms with Gasteiger partial charge in [-0.25, -0.2) is 9.59 Å². The number of cyclic esters (lactones) is 6. The van der Waals surface area contributed by atoms with Crippen molar-refractivity contribution in [3.05, 3.63) is 0 Å². The molecule has 0 aromatic rings. The molecule has 28 nitrogen and oxygen atoms in total. The molecule has 6 saturated heterocycles. The van der Waals surface area contributed by atoms with Crippen LogP contribution in [0.25, 0.3) is 0 Å². The van der Waals surface area contributed by atoms with Crippen LogP contribution >= 0.6 is 0 Å². The van der Waals surface area contributed by atoms with E-state index in [9.17, 15) is 67.1 Å². The van der Waals surface area contributed by atoms with Crippen LogP contribution in [-0.4, -0.2) is 173 Å². The molecular weight excluding hydrogens is 1910 g/mol. The minimum atomic E-state index is -0.607. The first kappa shape index (κ1) is 108. The molecule has 20 aliphatic carbocycles. The Hall–Kier alpha value is -7.42. The smallest absolute Gasteiger partial charge is 0.344 e. The summed E-state index contributed by atoms with van der Waals surface area (Å²) in [6.45, 7) is 42.2. The maximum absolute atomic E-state index is 12.7. The van der Waals surface area contributed by atoms with Gasteiger partial charge in [-0.3, -0.25) is 57.5 Å². The van der Waals surface area contributed by atoms with E-state index >= 15 is 0 Å². The zero-order valence-corrected chi connectivity index (χ0v) is 93.5. The molecule has 20 bridgehead atoms. The topological polar surface area (TPSA) is 368 Å². The van der Waals surface area contributed by atoms with Gasteiger partial charge in [0.1, 0.15) is 36.6 Å². The van der Waals surface area contributed by atoms with Gasteiger partial charge in [0.15, 0.2) is 13.2 Å². The predicted molar refractivity (Wildman–Crippen MR) is 542 cm³/mol. The summed E-state index contributed by atoms with van der Waals surface area (Å²) in [5, 5.41) is 0. The van der Waals surface area contributed by atoms with E-state index in [4.69, 9.17) is 66.3 Å². The molecule has 28 heteroatoms. The number of rotatable bonds is 22. The highest BCUT2D eigenvalue weighted by Crippen LogP contribution is 2.80. The van der Waals surface area contributed by atoms with Crippen LogP contribution in [0.3, 0.4) is 0 Å². The first-order valence-corrected chi connectivity index (χ1v) is 59.4. The monoisotopic (exact) mass is 2090 g/mol. The minimum absolute atomic E-state index is 0.0000652. The summed E-state index contributed by atoms with van der Waals surface area (Å²) in [7, 11) is 0. The fraction of sp³-hybridized carbons (Fsp3) is 0.885. The minimum Gasteiger partial charge on any atom is -0.465 e. The largest absolute Gasteiger partial charge is 0.465 e. The van der Waals surface area contributed by atoms with E-state index < -0.39 is 45.0 Å². The third kappa shape index (κ3) is 17.6. The quantitative estimate of drug-likeness (QED) is 0.0552. The van der Waals surface area contributed by atoms with Crippen LogP contribution in [0.2, 0.25) is 0 Å². The molecule has 0 amide bonds. The second kappa shape index (κ2) is 38.8. The lowest BCUT2D eigenvalue weighted by atomic mass is 9.58. The Morgan fingerprint density at radius 1 is 0.280 bits per heavy atom. The molecule has 42 atom stereocenters. The fourth-order valence-corrected chi connectivity index (χ4v) is 39.1. The molecular formula is C122H176O28. The molecule has 6 spiro atoms. The Kier molecular flexibility index (Phi) is 28.0. The third-order valence-electron chi connectivity index (χ3n) is 48.7. The van der Waals surface area contributed by atoms with E-state index in [1.165, 1.54) is 51.4 Å². The number of ether oxygens (including phenoxy) is 14. The van der Waals surface area contributed by atoms with Crippen molar-refractivity contribution in [3.63, 3.8) is 0 Å². The summed E-state index contributed by atoms with van der Waals surface area (Å²) >= 11 is 0. The van der Waals surface area contributed by atoms with E-state index in [0.717, 1.165) is 169 Å². The Labute approximate surface area is 888 Å². The highest BCUT2D eigenvalue weighted by atomic mass is 16.6. The molecule has 150 heavy (non-hydrogen) atoms. The number of carbonyl (C=O) groups is 14. The van der Waals surface area contributed by atoms with Crippen LogP contribution in [0.5, 0.6) is 0 Å². The van der Waals surface area contributed by atoms with Crippen LogP contribution < -0.4 is 0 Å². The number of esters is 14. The molecule has 0 radical (unpaired) electrons. The van der Waals surface area contributed by atoms with Crippen molar-refractivity contribution in [1.82, 2.24) is 0 Å². The van der Waals surface area contributed by atoms with Crippen LogP contribution in [0.15, 0.2) is 0 Å². The van der Waals surface area contributed by atoms with Crippen LogP contribution in [0.1, 0.15) is 344 Å². The van der Waals surface area contributed by atoms with Crippen molar-refractivity contribution >= 4 is 83.6 Å². The van der Waals surface area contributed by atoms with Crippen molar-refractivity contribution in [2.75, 3.05) is 52.9 Å². The second-order valence-corrected chi connectivity index (χ2v) is 57.8. The highest BCUT2D eigenvalue weighted by molar-refractivity contribution is 5.85. The maximum atomic E-state index is 12.7. The summed E-state index contributed by atoms with van der Waals surface area (Å²) < 4.78 is 77.8. The molecule has 832 valence electrons. The molecule has 0 aromatic heterocycles. The van der Waals surface area contributed by atoms with Gasteiger partial charge in [-0.05, 0) is 435 Å². The van der Waals surface area contributed by atoms with E-state index in [-0.39, 0.29) is 165 Å². The molecule has 6 aliphatic heterocycles. The van der Waals surface area contributed by atoms with Crippen molar-refractivity contribution < 1.29 is 133 Å². The number of hydrogen-bond donors (Lipinski definition) is 0. The van der Waals surface area contributed by atoms with E-state index in [2.05, 4.69) is 34.6 Å². The van der Waals surface area contributed by atoms with Gasteiger partial charge in [0.05, 0.1) is 108 Å². The third-order valence-corrected chi connectivity index (χ3v) is 48.7. The van der Waals surface area contributed by atoms with Crippen molar-refractivity contribution in [2.24, 2.45) is 243 Å². The molecule has 42 unspecified atom stereocenters. The van der Waals surface area contributed by atoms with E-state index in [1.807, 2.05) is 90.0 Å². The summed E-state index contributed by atoms with van der Waals surface area (Å²) in [6.07, 6.45) is 30.5. The molecule has 0 aromatic carbocycles. The molecule has 26 fully saturated rings. The first-order chi connectivity index (χ1) is 70.8. The first-order valence-electron chi connectivity index (χ1n) is 59.4. The second-order valence-electron chi connectivity index (χ2n) is 57.8. The van der Waals surface area contributed by atoms with Gasteiger partial charge in [0.2, 0.25) is 0 Å². The van der Waals surface area contributed by atoms with Gasteiger partial charge in [-0.1, -0.05) is 55.4 Å². The Balaban J connectivity index is 0.000000105. The fourth-order valence-electron chi connectivity index (χ4n) is 39.1. The standard InChI is InChI=1S/C23H32O6.C22H32O4.2C21H30O4.C18H26O6.C17H26O4/c1-4-22(2,3)20(25)28-11-17(24)29-16-9-12-7-14(16)19-15-8-13(18(12)19)10-23(15)5-6-27-21(23)26;1-5-21(3,4)20(24)26-19-11(2)13-7-14(19)18-15-6-12(17(13)18)8-22(15)9-16(23)25-10-22;1-4-20(2,3)19(23)25-15-7-11-5-13(15)17-12-6-14(18(11)17)21(8-12)9-16(22)24-10-21;1-4-20(2,3)19(23)25-15-7-11-5-13(15)18-14-6-12(17(11)18)8-21(14)9-16(22)24-10-21;1-4-17(2,3)15(20)23-10-14(19)24-13-8-11-7-12(13)18(9-11)5-6-22-16(18)21;1-5-16(3,4)14(18)21-13-10(2)11-8-12(13)17(9-11)6-7-20-15(17)19/h12-16,18-19H,4-11H2,1-3H3;11-15,17-19H,5-10H2,1-4H3;2*11-15,17-18H,4-10H2,1-3H3;11-13H,4-10H2,1-3H3;10-13H,5-9H2,1-4H3. The van der Waals surface area contributed by atoms with Crippen molar-refractivity contribution in [3.8, 4) is 0 Å². The lowest BCUT2D eigenvalue weighted by molar-refractivity contribution is -0.173. The molecule has 0 N–H and O–H groups in total. The number of hydrogen-bond acceptors (Lipinski definition) is 28. The van der Waals surface area contributed by atoms with Crippen molar-refractivity contribution in [2.45, 2.75) is 381 Å². The predicted octanol–water partition coefficient (Wildman–Crippen LogP) is 19.3. The number of carbonyl (C=O) groups excluding carboxylic acids is 14. The van der Waals surface area contributed by atoms with Crippen LogP contribution in [-0.2, 0) is 133 Å². The zero-order chi connectivity index (χ0) is 107. The molecule has 26 rings (SSSR count). The SMILES string of the molecule is CCC(C)(C)C(=O)OC1C(C)C2CC1C1(CCOC1=O)C2.CCC(C)(C)C(=O)OC1C(C)C2CC1C1C2C2CC1C1(COC(=O)C1)C2.CCC(C)(C)C(=O)OC1CC2CC1C1C2C2CC1C1(COC(=O)C1)C2.CCC(C)(C)C(=O)OC1CC2CC1C1C3CC(C21)C1(COC(=O)C1)C3.CCC(C)(C)C(=O)OCC(=O)OC1CC2CC1C1(CCOC1=O)C2.CCC(C)(C)C(=O)OCC(=O)OC1CC2CC1C1C2C2CC1C1(CCOC1=O)C2. The normalized spacial score (nSPS) is 45.3. The van der Waals surface area contributed by atoms with Gasteiger partial charge in [-0.2, -0.15) is 0 Å². The van der Waals surface area contributed by atoms with Gasteiger partial charge < -0.3 is 66.3 Å². The van der Waals surface area contributed by atoms with Crippen LogP contribution in [0.4, 0.5) is 0 Å². The Morgan fingerprint density at radius 2 is 0.613 bits per heavy atom. The van der Waals surface area contributed by atoms with Gasteiger partial charge >= 0.3 is 83.6 Å². The molecule has 6 heterocycles. The lowest BCUT2D eigenvalue weighted by Gasteiger charge is -2.47. The summed E-state index contributed by atoms with van der Waals surface area (Å²) in [5.41, 5.74) is -3.50. The van der Waals surface area contributed by atoms with Crippen molar-refractivity contribution in [1.29, 1.82) is 0 Å².